The molecule has 1 N–H and O–H groups in total. The molecule has 0 spiro atoms. The lowest BCUT2D eigenvalue weighted by Gasteiger charge is -2.19. The highest BCUT2D eigenvalue weighted by Crippen LogP contribution is 2.17. The average Bonchev–Trinajstić information content (AvgIpc) is 2.46. The summed E-state index contributed by atoms with van der Waals surface area (Å²) < 4.78 is 0. The smallest absolute Gasteiger partial charge is 0.0108 e. The number of likely N-dealkylation sites (N-methyl/N-ethyl adjacent to an activating group) is 1. The molecule has 0 fully saturated rings. The van der Waals surface area contributed by atoms with Crippen LogP contribution in [0.15, 0.2) is 42.5 Å². The summed E-state index contributed by atoms with van der Waals surface area (Å²) >= 11 is 0. The SMILES string of the molecule is CNC(CCc1cccc(C)c1)Cc1c(C)cccc1C. The summed E-state index contributed by atoms with van der Waals surface area (Å²) in [5.41, 5.74) is 7.11. The predicted molar refractivity (Wildman–Crippen MR) is 92.0 cm³/mol. The van der Waals surface area contributed by atoms with E-state index in [2.05, 4.69) is 75.6 Å². The molecule has 21 heavy (non-hydrogen) atoms. The lowest BCUT2D eigenvalue weighted by Crippen LogP contribution is -2.28. The summed E-state index contributed by atoms with van der Waals surface area (Å²) in [6.07, 6.45) is 3.42. The zero-order valence-corrected chi connectivity index (χ0v) is 13.7. The molecule has 2 aromatic rings. The van der Waals surface area contributed by atoms with Gasteiger partial charge < -0.3 is 5.32 Å². The molecule has 1 atom stereocenters. The van der Waals surface area contributed by atoms with Crippen LogP contribution < -0.4 is 5.32 Å². The Kier molecular flexibility index (Phi) is 5.58. The lowest BCUT2D eigenvalue weighted by molar-refractivity contribution is 0.518. The van der Waals surface area contributed by atoms with Gasteiger partial charge in [-0.25, -0.2) is 0 Å². The summed E-state index contributed by atoms with van der Waals surface area (Å²) in [6.45, 7) is 6.60. The van der Waals surface area contributed by atoms with Gasteiger partial charge in [0.1, 0.15) is 0 Å². The summed E-state index contributed by atoms with van der Waals surface area (Å²) in [4.78, 5) is 0. The molecule has 1 unspecified atom stereocenters. The monoisotopic (exact) mass is 281 g/mol. The number of hydrogen-bond donors (Lipinski definition) is 1. The normalized spacial score (nSPS) is 12.4. The van der Waals surface area contributed by atoms with Crippen LogP contribution in [0.1, 0.15) is 34.2 Å². The lowest BCUT2D eigenvalue weighted by atomic mass is 9.93. The van der Waals surface area contributed by atoms with Crippen LogP contribution in [-0.2, 0) is 12.8 Å². The van der Waals surface area contributed by atoms with Gasteiger partial charge in [0.2, 0.25) is 0 Å². The first-order valence-electron chi connectivity index (χ1n) is 7.88. The van der Waals surface area contributed by atoms with Crippen LogP contribution in [0.25, 0.3) is 0 Å². The molecule has 0 aromatic heterocycles. The van der Waals surface area contributed by atoms with Gasteiger partial charge in [-0.1, -0.05) is 48.0 Å². The first-order chi connectivity index (χ1) is 10.1. The molecule has 0 bridgehead atoms. The maximum Gasteiger partial charge on any atom is 0.0108 e. The molecule has 2 aromatic carbocycles. The van der Waals surface area contributed by atoms with E-state index < -0.39 is 0 Å². The van der Waals surface area contributed by atoms with E-state index in [-0.39, 0.29) is 0 Å². The van der Waals surface area contributed by atoms with E-state index in [1.54, 1.807) is 0 Å². The van der Waals surface area contributed by atoms with E-state index in [9.17, 15) is 0 Å². The molecule has 0 heterocycles. The molecule has 0 saturated heterocycles. The Bertz CT molecular complexity index is 566. The van der Waals surface area contributed by atoms with E-state index in [4.69, 9.17) is 0 Å². The minimum absolute atomic E-state index is 0.533. The van der Waals surface area contributed by atoms with E-state index in [1.807, 2.05) is 0 Å². The fourth-order valence-electron chi connectivity index (χ4n) is 2.97. The Labute approximate surface area is 129 Å². The van der Waals surface area contributed by atoms with Gasteiger partial charge in [0, 0.05) is 6.04 Å². The minimum atomic E-state index is 0.533. The topological polar surface area (TPSA) is 12.0 Å². The Morgan fingerprint density at radius 3 is 2.24 bits per heavy atom. The van der Waals surface area contributed by atoms with Gasteiger partial charge in [0.05, 0.1) is 0 Å². The van der Waals surface area contributed by atoms with E-state index in [0.717, 1.165) is 12.8 Å². The molecule has 0 amide bonds. The van der Waals surface area contributed by atoms with Gasteiger partial charge in [0.15, 0.2) is 0 Å². The van der Waals surface area contributed by atoms with Crippen molar-refractivity contribution in [3.63, 3.8) is 0 Å². The summed E-state index contributed by atoms with van der Waals surface area (Å²) in [6, 6.07) is 16.0. The Balaban J connectivity index is 2.00. The second-order valence-electron chi connectivity index (χ2n) is 6.09. The van der Waals surface area contributed by atoms with Gasteiger partial charge in [-0.2, -0.15) is 0 Å². The van der Waals surface area contributed by atoms with Crippen LogP contribution in [0, 0.1) is 20.8 Å². The highest BCUT2D eigenvalue weighted by molar-refractivity contribution is 5.34. The Hall–Kier alpha value is -1.60. The van der Waals surface area contributed by atoms with Gasteiger partial charge in [-0.3, -0.25) is 0 Å². The van der Waals surface area contributed by atoms with Crippen LogP contribution in [0.4, 0.5) is 0 Å². The van der Waals surface area contributed by atoms with Crippen molar-refractivity contribution in [1.82, 2.24) is 5.32 Å². The molecule has 0 aliphatic heterocycles. The third kappa shape index (κ3) is 4.44. The van der Waals surface area contributed by atoms with Crippen molar-refractivity contribution in [3.8, 4) is 0 Å². The zero-order chi connectivity index (χ0) is 15.2. The largest absolute Gasteiger partial charge is 0.317 e. The molecule has 112 valence electrons. The van der Waals surface area contributed by atoms with E-state index in [1.165, 1.54) is 34.2 Å². The maximum absolute atomic E-state index is 3.49. The zero-order valence-electron chi connectivity index (χ0n) is 13.7. The fraction of sp³-hybridized carbons (Fsp3) is 0.400. The van der Waals surface area contributed by atoms with Crippen molar-refractivity contribution < 1.29 is 0 Å². The average molecular weight is 281 g/mol. The van der Waals surface area contributed by atoms with Crippen molar-refractivity contribution in [1.29, 1.82) is 0 Å². The van der Waals surface area contributed by atoms with Crippen LogP contribution in [0.3, 0.4) is 0 Å². The highest BCUT2D eigenvalue weighted by Gasteiger charge is 2.11. The number of hydrogen-bond acceptors (Lipinski definition) is 1. The van der Waals surface area contributed by atoms with Crippen LogP contribution in [0.2, 0.25) is 0 Å². The minimum Gasteiger partial charge on any atom is -0.317 e. The molecule has 1 heteroatoms. The summed E-state index contributed by atoms with van der Waals surface area (Å²) in [5, 5.41) is 3.49. The molecule has 0 aliphatic rings. The second kappa shape index (κ2) is 7.42. The second-order valence-corrected chi connectivity index (χ2v) is 6.09. The highest BCUT2D eigenvalue weighted by atomic mass is 14.9. The predicted octanol–water partition coefficient (Wildman–Crippen LogP) is 4.38. The van der Waals surface area contributed by atoms with Crippen molar-refractivity contribution in [2.24, 2.45) is 0 Å². The van der Waals surface area contributed by atoms with Crippen molar-refractivity contribution in [2.75, 3.05) is 7.05 Å². The quantitative estimate of drug-likeness (QED) is 0.829. The fourth-order valence-corrected chi connectivity index (χ4v) is 2.97. The molecule has 2 rings (SSSR count). The Morgan fingerprint density at radius 1 is 0.952 bits per heavy atom. The van der Waals surface area contributed by atoms with Crippen molar-refractivity contribution in [3.05, 3.63) is 70.3 Å². The van der Waals surface area contributed by atoms with Gasteiger partial charge in [-0.05, 0) is 69.3 Å². The van der Waals surface area contributed by atoms with Crippen molar-refractivity contribution >= 4 is 0 Å². The first-order valence-corrected chi connectivity index (χ1v) is 7.88. The van der Waals surface area contributed by atoms with Gasteiger partial charge >= 0.3 is 0 Å². The number of aryl methyl sites for hydroxylation is 4. The molecule has 0 saturated carbocycles. The Morgan fingerprint density at radius 2 is 1.62 bits per heavy atom. The molecule has 1 nitrogen and oxygen atoms in total. The number of benzene rings is 2. The summed E-state index contributed by atoms with van der Waals surface area (Å²) in [7, 11) is 2.08. The molecular weight excluding hydrogens is 254 g/mol. The van der Waals surface area contributed by atoms with E-state index >= 15 is 0 Å². The van der Waals surface area contributed by atoms with Crippen LogP contribution >= 0.6 is 0 Å². The molecular formula is C20H27N. The standard InChI is InChI=1S/C20H27N/c1-15-7-5-10-18(13-15)11-12-19(21-4)14-20-16(2)8-6-9-17(20)3/h5-10,13,19,21H,11-12,14H2,1-4H3. The third-order valence-electron chi connectivity index (χ3n) is 4.37. The van der Waals surface area contributed by atoms with Gasteiger partial charge in [0.25, 0.3) is 0 Å². The first kappa shape index (κ1) is 15.8. The number of rotatable bonds is 6. The van der Waals surface area contributed by atoms with Crippen LogP contribution in [0.5, 0.6) is 0 Å². The van der Waals surface area contributed by atoms with Gasteiger partial charge in [-0.15, -0.1) is 0 Å². The number of nitrogens with one attached hydrogen (secondary N) is 1. The maximum atomic E-state index is 3.49. The summed E-state index contributed by atoms with van der Waals surface area (Å²) in [5.74, 6) is 0. The van der Waals surface area contributed by atoms with E-state index in [0.29, 0.717) is 6.04 Å². The molecule has 0 aliphatic carbocycles. The van der Waals surface area contributed by atoms with Crippen LogP contribution in [-0.4, -0.2) is 13.1 Å². The third-order valence-corrected chi connectivity index (χ3v) is 4.37. The van der Waals surface area contributed by atoms with Crippen molar-refractivity contribution in [2.45, 2.75) is 46.1 Å². The molecule has 0 radical (unpaired) electrons.